The largest absolute Gasteiger partial charge is 0.462 e. The second-order valence-corrected chi connectivity index (χ2v) is 15.5. The Morgan fingerprint density at radius 3 is 2.28 bits per heavy atom. The predicted octanol–water partition coefficient (Wildman–Crippen LogP) is 9.23. The Balaban J connectivity index is 1.33. The maximum atomic E-state index is 11.7. The monoisotopic (exact) mass is 496 g/mol. The molecule has 2 heteroatoms. The quantitative estimate of drug-likeness (QED) is 0.259. The van der Waals surface area contributed by atoms with E-state index in [2.05, 4.69) is 55.0 Å². The van der Waals surface area contributed by atoms with Crippen LogP contribution in [0.4, 0.5) is 0 Å². The van der Waals surface area contributed by atoms with E-state index in [9.17, 15) is 4.79 Å². The van der Waals surface area contributed by atoms with Crippen LogP contribution in [-0.4, -0.2) is 12.1 Å². The first-order chi connectivity index (χ1) is 16.8. The van der Waals surface area contributed by atoms with E-state index < -0.39 is 0 Å². The first-order valence-corrected chi connectivity index (χ1v) is 15.7. The molecule has 0 amide bonds. The highest BCUT2D eigenvalue weighted by Gasteiger charge is 2.81. The number of fused-ring (bicyclic) bond motifs is 2. The summed E-state index contributed by atoms with van der Waals surface area (Å²) in [5.74, 6) is 5.19. The van der Waals surface area contributed by atoms with Gasteiger partial charge in [0.25, 0.3) is 0 Å². The van der Waals surface area contributed by atoms with E-state index in [1.807, 2.05) is 0 Å². The third-order valence-corrected chi connectivity index (χ3v) is 14.1. The third-order valence-electron chi connectivity index (χ3n) is 14.1. The highest BCUT2D eigenvalue weighted by Crippen LogP contribution is 2.88. The van der Waals surface area contributed by atoms with Gasteiger partial charge in [0.05, 0.1) is 0 Å². The summed E-state index contributed by atoms with van der Waals surface area (Å²) in [6.07, 6.45) is 15.3. The minimum Gasteiger partial charge on any atom is -0.462 e. The lowest BCUT2D eigenvalue weighted by molar-refractivity contribution is -0.165. The van der Waals surface area contributed by atoms with Crippen molar-refractivity contribution in [3.8, 4) is 0 Å². The molecule has 0 aromatic heterocycles. The molecule has 0 saturated heterocycles. The predicted molar refractivity (Wildman–Crippen MR) is 149 cm³/mol. The van der Waals surface area contributed by atoms with Crippen molar-refractivity contribution in [3.05, 3.63) is 12.2 Å². The summed E-state index contributed by atoms with van der Waals surface area (Å²) in [5, 5.41) is 0. The summed E-state index contributed by atoms with van der Waals surface area (Å²) in [6, 6.07) is 0. The van der Waals surface area contributed by atoms with E-state index in [1.54, 1.807) is 6.92 Å². The molecule has 0 radical (unpaired) electrons. The number of hydrogen-bond acceptors (Lipinski definition) is 2. The average molecular weight is 497 g/mol. The number of hydrogen-bond donors (Lipinski definition) is 0. The molecule has 36 heavy (non-hydrogen) atoms. The minimum atomic E-state index is -0.0861. The third kappa shape index (κ3) is 3.57. The summed E-state index contributed by atoms with van der Waals surface area (Å²) < 4.78 is 5.82. The van der Waals surface area contributed by atoms with Crippen LogP contribution >= 0.6 is 0 Å². The fourth-order valence-corrected chi connectivity index (χ4v) is 12.1. The first-order valence-electron chi connectivity index (χ1n) is 15.7. The second-order valence-electron chi connectivity index (χ2n) is 15.5. The molecule has 5 rings (SSSR count). The van der Waals surface area contributed by atoms with Gasteiger partial charge in [-0.1, -0.05) is 53.7 Å². The van der Waals surface area contributed by atoms with Crippen LogP contribution in [0.25, 0.3) is 0 Å². The van der Waals surface area contributed by atoms with Crippen molar-refractivity contribution in [1.29, 1.82) is 0 Å². The minimum absolute atomic E-state index is 0.0861. The van der Waals surface area contributed by atoms with Crippen molar-refractivity contribution in [3.63, 3.8) is 0 Å². The van der Waals surface area contributed by atoms with Gasteiger partial charge in [0.1, 0.15) is 6.10 Å². The molecule has 0 aromatic rings. The fraction of sp³-hybridized carbons (Fsp3) is 0.912. The van der Waals surface area contributed by atoms with Gasteiger partial charge in [0.2, 0.25) is 0 Å². The van der Waals surface area contributed by atoms with Gasteiger partial charge in [-0.25, -0.2) is 0 Å². The summed E-state index contributed by atoms with van der Waals surface area (Å²) >= 11 is 0. The van der Waals surface area contributed by atoms with Crippen LogP contribution in [0.1, 0.15) is 126 Å². The van der Waals surface area contributed by atoms with E-state index in [4.69, 9.17) is 4.74 Å². The van der Waals surface area contributed by atoms with Gasteiger partial charge in [-0.3, -0.25) is 4.79 Å². The van der Waals surface area contributed by atoms with E-state index in [0.29, 0.717) is 39.4 Å². The number of carbonyl (C=O) groups excluding carboxylic acids is 1. The molecule has 0 aliphatic heterocycles. The van der Waals surface area contributed by atoms with Gasteiger partial charge in [0.15, 0.2) is 0 Å². The molecule has 5 aliphatic rings. The second kappa shape index (κ2) is 8.87. The van der Waals surface area contributed by atoms with Crippen molar-refractivity contribution in [1.82, 2.24) is 0 Å². The molecule has 0 heterocycles. The molecule has 5 saturated carbocycles. The molecule has 0 bridgehead atoms. The van der Waals surface area contributed by atoms with Crippen LogP contribution in [0.5, 0.6) is 0 Å². The van der Waals surface area contributed by atoms with Crippen LogP contribution in [0.15, 0.2) is 12.2 Å². The number of carbonyl (C=O) groups is 1. The van der Waals surface area contributed by atoms with Gasteiger partial charge >= 0.3 is 5.97 Å². The molecular weight excluding hydrogens is 440 g/mol. The Bertz CT molecular complexity index is 890. The van der Waals surface area contributed by atoms with Crippen molar-refractivity contribution in [2.75, 3.05) is 0 Å². The molecule has 11 atom stereocenters. The Kier molecular flexibility index (Phi) is 6.61. The van der Waals surface area contributed by atoms with Crippen LogP contribution in [0.3, 0.4) is 0 Å². The average Bonchev–Trinajstić information content (AvgIpc) is 3.37. The van der Waals surface area contributed by atoms with Crippen molar-refractivity contribution in [2.45, 2.75) is 132 Å². The molecule has 11 unspecified atom stereocenters. The number of rotatable bonds is 7. The first kappa shape index (κ1) is 26.8. The van der Waals surface area contributed by atoms with Crippen LogP contribution in [-0.2, 0) is 9.53 Å². The van der Waals surface area contributed by atoms with Crippen LogP contribution in [0, 0.1) is 63.1 Å². The van der Waals surface area contributed by atoms with Crippen molar-refractivity contribution in [2.24, 2.45) is 63.1 Å². The van der Waals surface area contributed by atoms with E-state index in [1.165, 1.54) is 69.8 Å². The van der Waals surface area contributed by atoms with E-state index in [-0.39, 0.29) is 12.1 Å². The van der Waals surface area contributed by atoms with Crippen LogP contribution < -0.4 is 0 Å². The molecule has 204 valence electrons. The van der Waals surface area contributed by atoms with E-state index in [0.717, 1.165) is 30.1 Å². The Hall–Kier alpha value is -0.790. The van der Waals surface area contributed by atoms with Crippen molar-refractivity contribution < 1.29 is 9.53 Å². The number of esters is 1. The van der Waals surface area contributed by atoms with Gasteiger partial charge in [0, 0.05) is 6.92 Å². The lowest BCUT2D eigenvalue weighted by Crippen LogP contribution is -2.56. The summed E-state index contributed by atoms with van der Waals surface area (Å²) in [5.41, 5.74) is 3.54. The molecular formula is C34H56O2. The van der Waals surface area contributed by atoms with Gasteiger partial charge in [-0.2, -0.15) is 0 Å². The number of allylic oxidation sites excluding steroid dienone is 1. The fourth-order valence-electron chi connectivity index (χ4n) is 12.1. The lowest BCUT2D eigenvalue weighted by Gasteiger charge is -2.62. The van der Waals surface area contributed by atoms with Gasteiger partial charge in [-0.15, -0.1) is 0 Å². The molecule has 2 nitrogen and oxygen atoms in total. The lowest BCUT2D eigenvalue weighted by atomic mass is 9.43. The summed E-state index contributed by atoms with van der Waals surface area (Å²) in [4.78, 5) is 11.7. The molecule has 0 N–H and O–H groups in total. The smallest absolute Gasteiger partial charge is 0.302 e. The Labute approximate surface area is 222 Å². The molecule has 0 aromatic carbocycles. The Morgan fingerprint density at radius 1 is 0.917 bits per heavy atom. The molecule has 5 aliphatic carbocycles. The highest BCUT2D eigenvalue weighted by atomic mass is 16.5. The normalized spacial score (nSPS) is 48.8. The maximum absolute atomic E-state index is 11.7. The SMILES string of the molecule is C=C(C)C(CCC(C)C1CCC2(C)C3CCC4C(C)C(OC(C)=O)CCC45CC35CCC12C)C(C)C. The standard InChI is InChI=1S/C34H56O2/c1-21(2)26(22(3)4)11-10-23(5)27-14-16-32(9)30-13-12-28-24(6)29(36-25(7)35)15-17-33(28)20-34(30,33)19-18-31(27,32)8/h22-24,26-30H,1,10-20H2,2-9H3. The van der Waals surface area contributed by atoms with Crippen LogP contribution in [0.2, 0.25) is 0 Å². The summed E-state index contributed by atoms with van der Waals surface area (Å²) in [7, 11) is 0. The zero-order valence-electron chi connectivity index (χ0n) is 24.9. The van der Waals surface area contributed by atoms with Gasteiger partial charge < -0.3 is 4.74 Å². The zero-order chi connectivity index (χ0) is 26.3. The highest BCUT2D eigenvalue weighted by molar-refractivity contribution is 5.66. The number of ether oxygens (including phenoxy) is 1. The molecule has 2 spiro atoms. The zero-order valence-corrected chi connectivity index (χ0v) is 24.9. The topological polar surface area (TPSA) is 26.3 Å². The molecule has 5 fully saturated rings. The van der Waals surface area contributed by atoms with Gasteiger partial charge in [-0.05, 0) is 141 Å². The summed E-state index contributed by atoms with van der Waals surface area (Å²) in [6.45, 7) is 23.4. The van der Waals surface area contributed by atoms with E-state index >= 15 is 0 Å². The Morgan fingerprint density at radius 2 is 1.64 bits per heavy atom. The maximum Gasteiger partial charge on any atom is 0.302 e. The van der Waals surface area contributed by atoms with Crippen molar-refractivity contribution >= 4 is 5.97 Å².